The van der Waals surface area contributed by atoms with E-state index in [1.807, 2.05) is 36.4 Å². The Morgan fingerprint density at radius 3 is 2.72 bits per heavy atom. The van der Waals surface area contributed by atoms with Crippen LogP contribution in [-0.2, 0) is 0 Å². The molecule has 1 unspecified atom stereocenters. The third-order valence-corrected chi connectivity index (χ3v) is 3.00. The highest BCUT2D eigenvalue weighted by Crippen LogP contribution is 2.29. The van der Waals surface area contributed by atoms with Crippen LogP contribution in [0.5, 0.6) is 5.75 Å². The Hall–Kier alpha value is -1.87. The van der Waals surface area contributed by atoms with Crippen molar-refractivity contribution in [2.24, 2.45) is 0 Å². The number of rotatable bonds is 4. The van der Waals surface area contributed by atoms with Crippen LogP contribution >= 0.6 is 0 Å². The maximum atomic E-state index is 10.3. The van der Waals surface area contributed by atoms with Crippen LogP contribution in [0.1, 0.15) is 30.1 Å². The van der Waals surface area contributed by atoms with Gasteiger partial charge in [-0.15, -0.1) is 0 Å². The SMILES string of the molecule is OC(c1cccnc1)c1cccc(OC2CC2)c1. The molecule has 0 amide bonds. The van der Waals surface area contributed by atoms with Crippen molar-refractivity contribution >= 4 is 0 Å². The van der Waals surface area contributed by atoms with Crippen molar-refractivity contribution in [3.8, 4) is 5.75 Å². The number of aliphatic hydroxyl groups excluding tert-OH is 1. The summed E-state index contributed by atoms with van der Waals surface area (Å²) in [6.45, 7) is 0. The molecule has 0 saturated heterocycles. The van der Waals surface area contributed by atoms with E-state index in [1.54, 1.807) is 12.4 Å². The standard InChI is InChI=1S/C15H15NO2/c17-15(12-4-2-8-16-10-12)11-3-1-5-14(9-11)18-13-6-7-13/h1-5,8-10,13,15,17H,6-7H2. The van der Waals surface area contributed by atoms with E-state index in [9.17, 15) is 5.11 Å². The van der Waals surface area contributed by atoms with Crippen LogP contribution in [0.2, 0.25) is 0 Å². The highest BCUT2D eigenvalue weighted by Gasteiger charge is 2.23. The molecule has 1 atom stereocenters. The van der Waals surface area contributed by atoms with Crippen LogP contribution in [0.4, 0.5) is 0 Å². The minimum atomic E-state index is -0.651. The summed E-state index contributed by atoms with van der Waals surface area (Å²) in [5.74, 6) is 0.831. The zero-order valence-electron chi connectivity index (χ0n) is 9.99. The van der Waals surface area contributed by atoms with Crippen molar-refractivity contribution in [3.05, 3.63) is 59.9 Å². The zero-order chi connectivity index (χ0) is 12.4. The fourth-order valence-corrected chi connectivity index (χ4v) is 1.87. The molecule has 3 nitrogen and oxygen atoms in total. The van der Waals surface area contributed by atoms with Gasteiger partial charge in [-0.1, -0.05) is 18.2 Å². The first-order valence-corrected chi connectivity index (χ1v) is 6.17. The van der Waals surface area contributed by atoms with Crippen molar-refractivity contribution in [2.45, 2.75) is 25.0 Å². The maximum absolute atomic E-state index is 10.3. The molecular weight excluding hydrogens is 226 g/mol. The van der Waals surface area contributed by atoms with E-state index in [4.69, 9.17) is 4.74 Å². The number of ether oxygens (including phenoxy) is 1. The minimum absolute atomic E-state index is 0.371. The first-order valence-electron chi connectivity index (χ1n) is 6.17. The summed E-state index contributed by atoms with van der Waals surface area (Å²) < 4.78 is 5.73. The molecule has 1 saturated carbocycles. The van der Waals surface area contributed by atoms with E-state index in [0.717, 1.165) is 29.7 Å². The van der Waals surface area contributed by atoms with Crippen molar-refractivity contribution in [1.29, 1.82) is 0 Å². The summed E-state index contributed by atoms with van der Waals surface area (Å²) in [6.07, 6.45) is 5.37. The van der Waals surface area contributed by atoms with Crippen LogP contribution < -0.4 is 4.74 Å². The molecular formula is C15H15NO2. The van der Waals surface area contributed by atoms with Crippen LogP contribution in [-0.4, -0.2) is 16.2 Å². The van der Waals surface area contributed by atoms with Gasteiger partial charge in [0.1, 0.15) is 11.9 Å². The molecule has 0 aliphatic heterocycles. The van der Waals surface area contributed by atoms with Gasteiger partial charge in [0, 0.05) is 18.0 Å². The maximum Gasteiger partial charge on any atom is 0.120 e. The minimum Gasteiger partial charge on any atom is -0.490 e. The van der Waals surface area contributed by atoms with Gasteiger partial charge in [0.25, 0.3) is 0 Å². The Balaban J connectivity index is 1.82. The summed E-state index contributed by atoms with van der Waals surface area (Å²) in [5.41, 5.74) is 1.63. The van der Waals surface area contributed by atoms with Gasteiger partial charge in [-0.25, -0.2) is 0 Å². The molecule has 0 bridgehead atoms. The fraction of sp³-hybridized carbons (Fsp3) is 0.267. The Morgan fingerprint density at radius 1 is 1.17 bits per heavy atom. The highest BCUT2D eigenvalue weighted by molar-refractivity contribution is 5.34. The molecule has 1 N–H and O–H groups in total. The van der Waals surface area contributed by atoms with E-state index >= 15 is 0 Å². The molecule has 1 aromatic heterocycles. The normalized spacial score (nSPS) is 16.3. The molecule has 1 heterocycles. The first-order chi connectivity index (χ1) is 8.83. The molecule has 92 valence electrons. The number of nitrogens with zero attached hydrogens (tertiary/aromatic N) is 1. The monoisotopic (exact) mass is 241 g/mol. The molecule has 3 rings (SSSR count). The predicted molar refractivity (Wildman–Crippen MR) is 68.4 cm³/mol. The predicted octanol–water partition coefficient (Wildman–Crippen LogP) is 2.70. The molecule has 0 radical (unpaired) electrons. The van der Waals surface area contributed by atoms with Crippen molar-refractivity contribution < 1.29 is 9.84 Å². The van der Waals surface area contributed by atoms with E-state index in [-0.39, 0.29) is 0 Å². The van der Waals surface area contributed by atoms with Gasteiger partial charge in [-0.2, -0.15) is 0 Å². The van der Waals surface area contributed by atoms with E-state index < -0.39 is 6.10 Å². The van der Waals surface area contributed by atoms with Gasteiger partial charge in [0.15, 0.2) is 0 Å². The van der Waals surface area contributed by atoms with E-state index in [2.05, 4.69) is 4.98 Å². The van der Waals surface area contributed by atoms with Gasteiger partial charge in [-0.3, -0.25) is 4.98 Å². The van der Waals surface area contributed by atoms with Crippen LogP contribution in [0, 0.1) is 0 Å². The Kier molecular flexibility index (Phi) is 2.99. The van der Waals surface area contributed by atoms with Gasteiger partial charge in [-0.05, 0) is 36.6 Å². The molecule has 1 aromatic carbocycles. The molecule has 18 heavy (non-hydrogen) atoms. The van der Waals surface area contributed by atoms with Gasteiger partial charge >= 0.3 is 0 Å². The summed E-state index contributed by atoms with van der Waals surface area (Å²) in [7, 11) is 0. The Labute approximate surface area is 106 Å². The van der Waals surface area contributed by atoms with E-state index in [0.29, 0.717) is 6.10 Å². The summed E-state index contributed by atoms with van der Waals surface area (Å²) in [6, 6.07) is 11.3. The lowest BCUT2D eigenvalue weighted by Crippen LogP contribution is -2.01. The van der Waals surface area contributed by atoms with Crippen molar-refractivity contribution in [2.75, 3.05) is 0 Å². The van der Waals surface area contributed by atoms with E-state index in [1.165, 1.54) is 0 Å². The number of aromatic nitrogens is 1. The average molecular weight is 241 g/mol. The molecule has 1 aliphatic carbocycles. The molecule has 0 spiro atoms. The number of hydrogen-bond donors (Lipinski definition) is 1. The lowest BCUT2D eigenvalue weighted by molar-refractivity contribution is 0.218. The summed E-state index contributed by atoms with van der Waals surface area (Å²) >= 11 is 0. The molecule has 1 fully saturated rings. The van der Waals surface area contributed by atoms with Gasteiger partial charge < -0.3 is 9.84 Å². The second kappa shape index (κ2) is 4.78. The lowest BCUT2D eigenvalue weighted by Gasteiger charge is -2.12. The van der Waals surface area contributed by atoms with Crippen molar-refractivity contribution in [1.82, 2.24) is 4.98 Å². The zero-order valence-corrected chi connectivity index (χ0v) is 9.99. The lowest BCUT2D eigenvalue weighted by atomic mass is 10.0. The molecule has 1 aliphatic rings. The molecule has 3 heteroatoms. The van der Waals surface area contributed by atoms with Crippen LogP contribution in [0.15, 0.2) is 48.8 Å². The highest BCUT2D eigenvalue weighted by atomic mass is 16.5. The smallest absolute Gasteiger partial charge is 0.120 e. The first kappa shape index (κ1) is 11.2. The molecule has 2 aromatic rings. The second-order valence-corrected chi connectivity index (χ2v) is 4.58. The summed E-state index contributed by atoms with van der Waals surface area (Å²) in [4.78, 5) is 4.02. The second-order valence-electron chi connectivity index (χ2n) is 4.58. The fourth-order valence-electron chi connectivity index (χ4n) is 1.87. The van der Waals surface area contributed by atoms with Crippen LogP contribution in [0.25, 0.3) is 0 Å². The summed E-state index contributed by atoms with van der Waals surface area (Å²) in [5, 5.41) is 10.3. The number of aliphatic hydroxyl groups is 1. The third-order valence-electron chi connectivity index (χ3n) is 3.00. The number of hydrogen-bond acceptors (Lipinski definition) is 3. The van der Waals surface area contributed by atoms with Crippen molar-refractivity contribution in [3.63, 3.8) is 0 Å². The number of pyridine rings is 1. The number of benzene rings is 1. The topological polar surface area (TPSA) is 42.4 Å². The third kappa shape index (κ3) is 2.51. The largest absolute Gasteiger partial charge is 0.490 e. The quantitative estimate of drug-likeness (QED) is 0.895. The average Bonchev–Trinajstić information content (AvgIpc) is 3.23. The van der Waals surface area contributed by atoms with Gasteiger partial charge in [0.05, 0.1) is 6.10 Å². The Morgan fingerprint density at radius 2 is 2.00 bits per heavy atom. The van der Waals surface area contributed by atoms with Crippen LogP contribution in [0.3, 0.4) is 0 Å². The van der Waals surface area contributed by atoms with Gasteiger partial charge in [0.2, 0.25) is 0 Å². The Bertz CT molecular complexity index is 523.